The van der Waals surface area contributed by atoms with Gasteiger partial charge in [-0.3, -0.25) is 4.40 Å². The summed E-state index contributed by atoms with van der Waals surface area (Å²) in [5.41, 5.74) is 3.26. The normalized spacial score (nSPS) is 12.6. The molecule has 4 aromatic rings. The van der Waals surface area contributed by atoms with Crippen LogP contribution in [0.1, 0.15) is 6.92 Å². The molecule has 0 aliphatic carbocycles. The van der Waals surface area contributed by atoms with Crippen LogP contribution in [0.25, 0.3) is 27.6 Å². The van der Waals surface area contributed by atoms with Gasteiger partial charge in [-0.1, -0.05) is 0 Å². The van der Waals surface area contributed by atoms with Crippen molar-refractivity contribution in [2.45, 2.75) is 13.0 Å². The number of hydrogen-bond acceptors (Lipinski definition) is 6. The first-order chi connectivity index (χ1) is 13.5. The molecule has 6 nitrogen and oxygen atoms in total. The summed E-state index contributed by atoms with van der Waals surface area (Å²) >= 11 is 1.55. The Labute approximate surface area is 166 Å². The summed E-state index contributed by atoms with van der Waals surface area (Å²) in [6, 6.07) is 8.45. The number of likely N-dealkylation sites (N-methyl/N-ethyl adjacent to an activating group) is 1. The van der Waals surface area contributed by atoms with E-state index in [1.54, 1.807) is 29.7 Å². The van der Waals surface area contributed by atoms with Gasteiger partial charge < -0.3 is 10.2 Å². The summed E-state index contributed by atoms with van der Waals surface area (Å²) < 4.78 is 15.4. The zero-order valence-electron chi connectivity index (χ0n) is 15.9. The Kier molecular flexibility index (Phi) is 5.06. The number of nitrogens with zero attached hydrogens (tertiary/aromatic N) is 5. The minimum Gasteiger partial charge on any atom is -0.350 e. The fourth-order valence-electron chi connectivity index (χ4n) is 3.21. The number of nitrogens with one attached hydrogen (secondary N) is 1. The van der Waals surface area contributed by atoms with E-state index in [1.807, 2.05) is 36.1 Å². The SMILES string of the molecule is CC(CN(C)C)Nc1nccc(-c2c(-c3ccc(F)cc3)nc3sccn23)n1. The molecule has 0 amide bonds. The Morgan fingerprint density at radius 2 is 1.96 bits per heavy atom. The van der Waals surface area contributed by atoms with Crippen LogP contribution in [-0.2, 0) is 0 Å². The fourth-order valence-corrected chi connectivity index (χ4v) is 3.93. The zero-order valence-corrected chi connectivity index (χ0v) is 16.7. The maximum Gasteiger partial charge on any atom is 0.223 e. The second-order valence-electron chi connectivity index (χ2n) is 6.94. The summed E-state index contributed by atoms with van der Waals surface area (Å²) in [6.45, 7) is 2.96. The summed E-state index contributed by atoms with van der Waals surface area (Å²) in [7, 11) is 4.06. The van der Waals surface area contributed by atoms with E-state index in [1.165, 1.54) is 12.1 Å². The van der Waals surface area contributed by atoms with Crippen LogP contribution in [0, 0.1) is 5.82 Å². The molecule has 4 rings (SSSR count). The predicted octanol–water partition coefficient (Wildman–Crippen LogP) is 4.02. The van der Waals surface area contributed by atoms with Crippen molar-refractivity contribution in [3.8, 4) is 22.6 Å². The lowest BCUT2D eigenvalue weighted by atomic mass is 10.1. The van der Waals surface area contributed by atoms with Gasteiger partial charge in [0.1, 0.15) is 11.5 Å². The van der Waals surface area contributed by atoms with Crippen molar-refractivity contribution in [1.82, 2.24) is 24.3 Å². The molecule has 28 heavy (non-hydrogen) atoms. The molecule has 1 aromatic carbocycles. The summed E-state index contributed by atoms with van der Waals surface area (Å²) in [5, 5.41) is 5.33. The molecule has 1 atom stereocenters. The molecule has 1 unspecified atom stereocenters. The molecule has 0 radical (unpaired) electrons. The standard InChI is InChI=1S/C20H21FN6S/c1-13(12-26(2)3)23-19-22-9-8-16(24-19)18-17(14-4-6-15(21)7-5-14)25-20-27(18)10-11-28-20/h4-11,13H,12H2,1-3H3,(H,22,23,24). The van der Waals surface area contributed by atoms with Crippen molar-refractivity contribution >= 4 is 22.2 Å². The number of aromatic nitrogens is 4. The van der Waals surface area contributed by atoms with Crippen molar-refractivity contribution in [3.05, 3.63) is 53.9 Å². The van der Waals surface area contributed by atoms with E-state index in [2.05, 4.69) is 22.1 Å². The Hall–Kier alpha value is -2.84. The van der Waals surface area contributed by atoms with Crippen LogP contribution in [0.2, 0.25) is 0 Å². The highest BCUT2D eigenvalue weighted by atomic mass is 32.1. The third-order valence-corrected chi connectivity index (χ3v) is 5.05. The van der Waals surface area contributed by atoms with Crippen LogP contribution >= 0.6 is 11.3 Å². The Balaban J connectivity index is 1.76. The van der Waals surface area contributed by atoms with Gasteiger partial charge in [0, 0.05) is 35.9 Å². The van der Waals surface area contributed by atoms with Crippen molar-refractivity contribution in [1.29, 1.82) is 0 Å². The van der Waals surface area contributed by atoms with Crippen LogP contribution in [-0.4, -0.2) is 50.9 Å². The average molecular weight is 396 g/mol. The lowest BCUT2D eigenvalue weighted by molar-refractivity contribution is 0.391. The Bertz CT molecular complexity index is 1090. The highest BCUT2D eigenvalue weighted by Gasteiger charge is 2.18. The van der Waals surface area contributed by atoms with E-state index in [0.717, 1.165) is 34.2 Å². The third-order valence-electron chi connectivity index (χ3n) is 4.29. The minimum atomic E-state index is -0.269. The molecule has 0 spiro atoms. The smallest absolute Gasteiger partial charge is 0.223 e. The maximum absolute atomic E-state index is 13.4. The van der Waals surface area contributed by atoms with Gasteiger partial charge in [-0.05, 0) is 51.4 Å². The van der Waals surface area contributed by atoms with Gasteiger partial charge in [-0.15, -0.1) is 11.3 Å². The summed E-state index contributed by atoms with van der Waals surface area (Å²) in [6.07, 6.45) is 3.71. The van der Waals surface area contributed by atoms with E-state index in [9.17, 15) is 4.39 Å². The van der Waals surface area contributed by atoms with Crippen molar-refractivity contribution in [3.63, 3.8) is 0 Å². The minimum absolute atomic E-state index is 0.202. The predicted molar refractivity (Wildman–Crippen MR) is 111 cm³/mol. The van der Waals surface area contributed by atoms with E-state index < -0.39 is 0 Å². The molecule has 0 aliphatic rings. The fraction of sp³-hybridized carbons (Fsp3) is 0.250. The average Bonchev–Trinajstić information content (AvgIpc) is 3.22. The number of thiazole rings is 1. The van der Waals surface area contributed by atoms with E-state index >= 15 is 0 Å². The first-order valence-corrected chi connectivity index (χ1v) is 9.85. The van der Waals surface area contributed by atoms with Gasteiger partial charge in [0.15, 0.2) is 4.96 Å². The number of rotatable bonds is 6. The number of anilines is 1. The quantitative estimate of drug-likeness (QED) is 0.533. The van der Waals surface area contributed by atoms with Crippen molar-refractivity contribution in [2.75, 3.05) is 26.0 Å². The lowest BCUT2D eigenvalue weighted by Gasteiger charge is -2.18. The first-order valence-electron chi connectivity index (χ1n) is 8.97. The largest absolute Gasteiger partial charge is 0.350 e. The van der Waals surface area contributed by atoms with Gasteiger partial charge in [0.05, 0.1) is 11.4 Å². The van der Waals surface area contributed by atoms with Crippen LogP contribution in [0.4, 0.5) is 10.3 Å². The molecule has 3 aromatic heterocycles. The molecule has 0 bridgehead atoms. The molecule has 0 aliphatic heterocycles. The molecule has 8 heteroatoms. The number of benzene rings is 1. The maximum atomic E-state index is 13.4. The second-order valence-corrected chi connectivity index (χ2v) is 7.82. The lowest BCUT2D eigenvalue weighted by Crippen LogP contribution is -2.30. The van der Waals surface area contributed by atoms with Crippen molar-refractivity contribution in [2.24, 2.45) is 0 Å². The highest BCUT2D eigenvalue weighted by molar-refractivity contribution is 7.15. The Morgan fingerprint density at radius 1 is 1.18 bits per heavy atom. The van der Waals surface area contributed by atoms with Gasteiger partial charge in [0.25, 0.3) is 0 Å². The van der Waals surface area contributed by atoms with Gasteiger partial charge in [-0.2, -0.15) is 0 Å². The van der Waals surface area contributed by atoms with E-state index in [0.29, 0.717) is 5.95 Å². The third kappa shape index (κ3) is 3.74. The van der Waals surface area contributed by atoms with E-state index in [-0.39, 0.29) is 11.9 Å². The number of hydrogen-bond donors (Lipinski definition) is 1. The molecule has 3 heterocycles. The highest BCUT2D eigenvalue weighted by Crippen LogP contribution is 2.33. The first kappa shape index (κ1) is 18.5. The molecule has 144 valence electrons. The molecular formula is C20H21FN6S. The Morgan fingerprint density at radius 3 is 2.71 bits per heavy atom. The molecular weight excluding hydrogens is 375 g/mol. The van der Waals surface area contributed by atoms with Gasteiger partial charge >= 0.3 is 0 Å². The molecule has 1 N–H and O–H groups in total. The monoisotopic (exact) mass is 396 g/mol. The van der Waals surface area contributed by atoms with Gasteiger partial charge in [-0.25, -0.2) is 19.3 Å². The van der Waals surface area contributed by atoms with E-state index in [4.69, 9.17) is 9.97 Å². The number of imidazole rings is 1. The number of fused-ring (bicyclic) bond motifs is 1. The van der Waals surface area contributed by atoms with Crippen LogP contribution in [0.15, 0.2) is 48.1 Å². The molecule has 0 saturated carbocycles. The van der Waals surface area contributed by atoms with Gasteiger partial charge in [0.2, 0.25) is 5.95 Å². The van der Waals surface area contributed by atoms with Crippen LogP contribution in [0.3, 0.4) is 0 Å². The zero-order chi connectivity index (χ0) is 19.7. The van der Waals surface area contributed by atoms with Crippen molar-refractivity contribution < 1.29 is 4.39 Å². The summed E-state index contributed by atoms with van der Waals surface area (Å²) in [4.78, 5) is 16.8. The van der Waals surface area contributed by atoms with Crippen LogP contribution < -0.4 is 5.32 Å². The van der Waals surface area contributed by atoms with Crippen LogP contribution in [0.5, 0.6) is 0 Å². The topological polar surface area (TPSA) is 58.3 Å². The summed E-state index contributed by atoms with van der Waals surface area (Å²) in [5.74, 6) is 0.303. The second kappa shape index (κ2) is 7.65. The number of halogens is 1. The molecule has 0 saturated heterocycles. The molecule has 0 fully saturated rings.